The first kappa shape index (κ1) is 19.3. The number of aromatic nitrogens is 1. The van der Waals surface area contributed by atoms with Crippen molar-refractivity contribution in [3.63, 3.8) is 0 Å². The minimum atomic E-state index is -0.504. The number of piperazine rings is 1. The summed E-state index contributed by atoms with van der Waals surface area (Å²) in [5.41, 5.74) is 7.24. The molecule has 0 unspecified atom stereocenters. The van der Waals surface area contributed by atoms with Crippen LogP contribution in [0.25, 0.3) is 21.3 Å². The second-order valence-corrected chi connectivity index (χ2v) is 8.00. The molecule has 0 aliphatic carbocycles. The third-order valence-electron chi connectivity index (χ3n) is 4.84. The summed E-state index contributed by atoms with van der Waals surface area (Å²) in [7, 11) is 1.51. The fourth-order valence-corrected chi connectivity index (χ4v) is 4.69. The number of methoxy groups -OCH3 is 1. The topological polar surface area (TPSA) is 63.4 Å². The zero-order valence-corrected chi connectivity index (χ0v) is 16.8. The average molecular weight is 425 g/mol. The molecule has 0 spiro atoms. The van der Waals surface area contributed by atoms with E-state index in [1.54, 1.807) is 0 Å². The highest BCUT2D eigenvalue weighted by Gasteiger charge is 2.24. The first-order chi connectivity index (χ1) is 13.5. The molecule has 1 aliphatic rings. The second-order valence-electron chi connectivity index (χ2n) is 6.59. The Bertz CT molecular complexity index is 1040. The van der Waals surface area contributed by atoms with Crippen molar-refractivity contribution in [3.05, 3.63) is 40.4 Å². The van der Waals surface area contributed by atoms with Crippen LogP contribution in [0.1, 0.15) is 5.56 Å². The van der Waals surface area contributed by atoms with E-state index in [2.05, 4.69) is 15.2 Å². The smallest absolute Gasteiger partial charge is 0.181 e. The van der Waals surface area contributed by atoms with Crippen LogP contribution in [0.5, 0.6) is 5.75 Å². The van der Waals surface area contributed by atoms with Crippen molar-refractivity contribution in [2.75, 3.05) is 39.0 Å². The van der Waals surface area contributed by atoms with Crippen molar-refractivity contribution in [1.82, 2.24) is 15.2 Å². The maximum atomic E-state index is 15.2. The molecule has 28 heavy (non-hydrogen) atoms. The molecule has 0 saturated carbocycles. The highest BCUT2D eigenvalue weighted by atomic mass is 35.5. The summed E-state index contributed by atoms with van der Waals surface area (Å²) >= 11 is 7.59. The van der Waals surface area contributed by atoms with Gasteiger partial charge in [-0.2, -0.15) is 0 Å². The molecule has 5 nitrogen and oxygen atoms in total. The van der Waals surface area contributed by atoms with Gasteiger partial charge in [-0.15, -0.1) is 0 Å². The van der Waals surface area contributed by atoms with Crippen LogP contribution in [0.2, 0.25) is 5.02 Å². The van der Waals surface area contributed by atoms with Gasteiger partial charge < -0.3 is 15.8 Å². The molecule has 1 fully saturated rings. The number of ether oxygens (including phenoxy) is 1. The largest absolute Gasteiger partial charge is 0.495 e. The molecule has 0 amide bonds. The van der Waals surface area contributed by atoms with Crippen LogP contribution in [0, 0.1) is 11.6 Å². The normalized spacial score (nSPS) is 15.3. The predicted molar refractivity (Wildman–Crippen MR) is 109 cm³/mol. The summed E-state index contributed by atoms with van der Waals surface area (Å²) in [4.78, 5) is 6.39. The number of benzene rings is 2. The Morgan fingerprint density at radius 2 is 2.04 bits per heavy atom. The number of nitrogens with zero attached hydrogens (tertiary/aromatic N) is 2. The molecule has 1 aliphatic heterocycles. The summed E-state index contributed by atoms with van der Waals surface area (Å²) in [5, 5.41) is 3.64. The third-order valence-corrected chi connectivity index (χ3v) is 6.09. The first-order valence-corrected chi connectivity index (χ1v) is 10.0. The number of nitrogens with one attached hydrogen (secondary N) is 1. The molecule has 1 saturated heterocycles. The molecule has 1 aromatic heterocycles. The van der Waals surface area contributed by atoms with E-state index < -0.39 is 11.6 Å². The molecule has 2 heterocycles. The predicted octanol–water partition coefficient (Wildman–Crippen LogP) is 3.89. The first-order valence-electron chi connectivity index (χ1n) is 8.82. The maximum Gasteiger partial charge on any atom is 0.181 e. The summed E-state index contributed by atoms with van der Waals surface area (Å²) in [5.74, 6) is -0.542. The number of rotatable bonds is 4. The minimum Gasteiger partial charge on any atom is -0.495 e. The van der Waals surface area contributed by atoms with Crippen LogP contribution >= 0.6 is 22.9 Å². The van der Waals surface area contributed by atoms with Crippen LogP contribution in [0.4, 0.5) is 13.9 Å². The number of nitrogens with two attached hydrogens (primary N) is 1. The highest BCUT2D eigenvalue weighted by Crippen LogP contribution is 2.44. The molecule has 0 radical (unpaired) electrons. The Morgan fingerprint density at radius 3 is 2.75 bits per heavy atom. The van der Waals surface area contributed by atoms with Gasteiger partial charge in [-0.3, -0.25) is 4.90 Å². The van der Waals surface area contributed by atoms with Crippen LogP contribution in [-0.4, -0.2) is 43.2 Å². The van der Waals surface area contributed by atoms with Crippen LogP contribution in [0.3, 0.4) is 0 Å². The Kier molecular flexibility index (Phi) is 5.37. The van der Waals surface area contributed by atoms with Crippen LogP contribution in [-0.2, 0) is 6.54 Å². The SMILES string of the molecule is COc1c(CN2CCNCC2)cc(F)c(-c2ccc(F)c3sc(N)nc23)c1Cl. The fraction of sp³-hybridized carbons (Fsp3) is 0.316. The Morgan fingerprint density at radius 1 is 1.29 bits per heavy atom. The molecule has 9 heteroatoms. The lowest BCUT2D eigenvalue weighted by atomic mass is 10.00. The number of nitrogen functional groups attached to an aromatic ring is 1. The second kappa shape index (κ2) is 7.79. The minimum absolute atomic E-state index is 0.137. The van der Waals surface area contributed by atoms with E-state index in [0.717, 1.165) is 37.5 Å². The molecule has 3 N–H and O–H groups in total. The molecular weight excluding hydrogens is 406 g/mol. The molecule has 2 aromatic carbocycles. The lowest BCUT2D eigenvalue weighted by Crippen LogP contribution is -2.42. The van der Waals surface area contributed by atoms with Gasteiger partial charge in [-0.05, 0) is 18.2 Å². The highest BCUT2D eigenvalue weighted by molar-refractivity contribution is 7.22. The van der Waals surface area contributed by atoms with Gasteiger partial charge in [0.2, 0.25) is 0 Å². The molecule has 148 valence electrons. The lowest BCUT2D eigenvalue weighted by molar-refractivity contribution is 0.230. The van der Waals surface area contributed by atoms with E-state index in [4.69, 9.17) is 22.1 Å². The lowest BCUT2D eigenvalue weighted by Gasteiger charge is -2.28. The van der Waals surface area contributed by atoms with Crippen LogP contribution < -0.4 is 15.8 Å². The van der Waals surface area contributed by atoms with Gasteiger partial charge in [0.05, 0.1) is 22.3 Å². The zero-order chi connectivity index (χ0) is 19.8. The van der Waals surface area contributed by atoms with E-state index in [1.165, 1.54) is 25.3 Å². The monoisotopic (exact) mass is 424 g/mol. The van der Waals surface area contributed by atoms with Gasteiger partial charge in [0.25, 0.3) is 0 Å². The Hall–Kier alpha value is -2.00. The zero-order valence-electron chi connectivity index (χ0n) is 15.2. The summed E-state index contributed by atoms with van der Waals surface area (Å²) in [6.07, 6.45) is 0. The number of fused-ring (bicyclic) bond motifs is 1. The molecule has 4 rings (SSSR count). The Balaban J connectivity index is 1.84. The molecule has 0 bridgehead atoms. The molecular formula is C19H19ClF2N4OS. The summed E-state index contributed by atoms with van der Waals surface area (Å²) in [6, 6.07) is 4.18. The molecule has 0 atom stereocenters. The van der Waals surface area contributed by atoms with E-state index >= 15 is 4.39 Å². The quantitative estimate of drug-likeness (QED) is 0.665. The number of thiazole rings is 1. The number of halogens is 3. The van der Waals surface area contributed by atoms with E-state index in [0.29, 0.717) is 28.9 Å². The van der Waals surface area contributed by atoms with Gasteiger partial charge in [0.1, 0.15) is 17.4 Å². The average Bonchev–Trinajstić information content (AvgIpc) is 3.07. The standard InChI is InChI=1S/C19H19ClF2N4OS/c1-27-17-10(9-26-6-4-24-5-7-26)8-13(22)14(15(17)20)11-2-3-12(21)18-16(11)25-19(23)28-18/h2-3,8,24H,4-7,9H2,1H3,(H2,23,25). The van der Waals surface area contributed by atoms with Gasteiger partial charge in [0, 0.05) is 49.4 Å². The van der Waals surface area contributed by atoms with Crippen molar-refractivity contribution in [3.8, 4) is 16.9 Å². The van der Waals surface area contributed by atoms with E-state index in [1.807, 2.05) is 0 Å². The van der Waals surface area contributed by atoms with Gasteiger partial charge >= 0.3 is 0 Å². The maximum absolute atomic E-state index is 15.2. The van der Waals surface area contributed by atoms with E-state index in [9.17, 15) is 4.39 Å². The van der Waals surface area contributed by atoms with Gasteiger partial charge in [-0.1, -0.05) is 22.9 Å². The van der Waals surface area contributed by atoms with E-state index in [-0.39, 0.29) is 20.4 Å². The van der Waals surface area contributed by atoms with Crippen molar-refractivity contribution < 1.29 is 13.5 Å². The molecule has 3 aromatic rings. The number of hydrogen-bond donors (Lipinski definition) is 2. The van der Waals surface area contributed by atoms with Crippen LogP contribution in [0.15, 0.2) is 18.2 Å². The van der Waals surface area contributed by atoms with Crippen molar-refractivity contribution >= 4 is 38.3 Å². The summed E-state index contributed by atoms with van der Waals surface area (Å²) in [6.45, 7) is 4.02. The van der Waals surface area contributed by atoms with Crippen molar-refractivity contribution in [2.45, 2.75) is 6.54 Å². The number of anilines is 1. The van der Waals surface area contributed by atoms with Crippen molar-refractivity contribution in [2.24, 2.45) is 0 Å². The van der Waals surface area contributed by atoms with Gasteiger partial charge in [-0.25, -0.2) is 13.8 Å². The number of hydrogen-bond acceptors (Lipinski definition) is 6. The summed E-state index contributed by atoms with van der Waals surface area (Å²) < 4.78 is 35.1. The van der Waals surface area contributed by atoms with Gasteiger partial charge in [0.15, 0.2) is 5.13 Å². The van der Waals surface area contributed by atoms with Crippen molar-refractivity contribution in [1.29, 1.82) is 0 Å². The fourth-order valence-electron chi connectivity index (χ4n) is 3.54. The Labute approximate surface area is 170 Å². The third kappa shape index (κ3) is 3.41.